The fourth-order valence-electron chi connectivity index (χ4n) is 3.59. The zero-order valence-corrected chi connectivity index (χ0v) is 14.2. The quantitative estimate of drug-likeness (QED) is 0.764. The third-order valence-electron chi connectivity index (χ3n) is 4.81. The maximum absolute atomic E-state index is 9.71. The van der Waals surface area contributed by atoms with Crippen molar-refractivity contribution in [1.82, 2.24) is 5.32 Å². The number of aryl methyl sites for hydroxylation is 1. The maximum Gasteiger partial charge on any atom is 0.0659 e. The van der Waals surface area contributed by atoms with E-state index < -0.39 is 0 Å². The first-order valence-electron chi connectivity index (χ1n) is 7.35. The lowest BCUT2D eigenvalue weighted by Crippen LogP contribution is -2.37. The van der Waals surface area contributed by atoms with Crippen molar-refractivity contribution >= 4 is 33.9 Å². The second-order valence-corrected chi connectivity index (χ2v) is 9.15. The molecule has 1 aromatic heterocycles. The van der Waals surface area contributed by atoms with Crippen LogP contribution in [0, 0.1) is 8.30 Å². The summed E-state index contributed by atoms with van der Waals surface area (Å²) in [6, 6.07) is 2.88. The Kier molecular flexibility index (Phi) is 4.51. The molecule has 4 heteroatoms. The number of aliphatic hydroxyl groups excluding tert-OH is 1. The van der Waals surface area contributed by atoms with Gasteiger partial charge in [-0.05, 0) is 66.3 Å². The molecule has 1 saturated carbocycles. The summed E-state index contributed by atoms with van der Waals surface area (Å²) in [4.78, 5) is 1.58. The first-order chi connectivity index (χ1) is 9.22. The molecule has 2 N–H and O–H groups in total. The number of thiophene rings is 1. The molecule has 2 aliphatic rings. The summed E-state index contributed by atoms with van der Waals surface area (Å²) in [5.74, 6) is 0. The van der Waals surface area contributed by atoms with Crippen molar-refractivity contribution < 1.29 is 5.11 Å². The lowest BCUT2D eigenvalue weighted by Gasteiger charge is -2.31. The van der Waals surface area contributed by atoms with Crippen LogP contribution < -0.4 is 5.32 Å². The molecule has 0 aliphatic heterocycles. The van der Waals surface area contributed by atoms with Gasteiger partial charge in [0.15, 0.2) is 0 Å². The molecule has 1 heterocycles. The minimum absolute atomic E-state index is 0.167. The van der Waals surface area contributed by atoms with Crippen molar-refractivity contribution in [3.05, 3.63) is 19.4 Å². The van der Waals surface area contributed by atoms with Crippen LogP contribution in [0.5, 0.6) is 0 Å². The number of aliphatic hydroxyl groups is 1. The Morgan fingerprint density at radius 3 is 2.89 bits per heavy atom. The van der Waals surface area contributed by atoms with Crippen molar-refractivity contribution in [2.45, 2.75) is 51.0 Å². The third-order valence-corrected chi connectivity index (χ3v) is 6.78. The fraction of sp³-hybridized carbons (Fsp3) is 0.733. The van der Waals surface area contributed by atoms with Gasteiger partial charge in [-0.25, -0.2) is 0 Å². The van der Waals surface area contributed by atoms with E-state index in [0.29, 0.717) is 12.6 Å². The number of rotatable bonds is 4. The second kappa shape index (κ2) is 6.00. The standard InChI is InChI=1S/C15H22INOS/c16-14-8-11-12(4-3-5-13(11)19-14)17-9-15(10-18)6-1-2-7-15/h8,12,17-18H,1-7,9-10H2. The molecule has 0 spiro atoms. The molecular formula is C15H22INOS. The number of halogens is 1. The van der Waals surface area contributed by atoms with Crippen LogP contribution in [0.4, 0.5) is 0 Å². The van der Waals surface area contributed by atoms with Gasteiger partial charge in [0.1, 0.15) is 0 Å². The van der Waals surface area contributed by atoms with Crippen LogP contribution in [-0.4, -0.2) is 18.3 Å². The summed E-state index contributed by atoms with van der Waals surface area (Å²) in [6.45, 7) is 1.33. The minimum atomic E-state index is 0.167. The Morgan fingerprint density at radius 2 is 2.16 bits per heavy atom. The number of hydrogen-bond acceptors (Lipinski definition) is 3. The molecule has 2 aliphatic carbocycles. The number of hydrogen-bond donors (Lipinski definition) is 2. The molecular weight excluding hydrogens is 369 g/mol. The summed E-state index contributed by atoms with van der Waals surface area (Å²) in [5.41, 5.74) is 1.70. The van der Waals surface area contributed by atoms with Crippen LogP contribution >= 0.6 is 33.9 Å². The highest BCUT2D eigenvalue weighted by molar-refractivity contribution is 14.1. The van der Waals surface area contributed by atoms with E-state index in [1.165, 1.54) is 53.4 Å². The van der Waals surface area contributed by atoms with E-state index in [1.807, 2.05) is 11.3 Å². The molecule has 3 rings (SSSR count). The van der Waals surface area contributed by atoms with Crippen molar-refractivity contribution in [3.8, 4) is 0 Å². The molecule has 1 atom stereocenters. The van der Waals surface area contributed by atoms with Gasteiger partial charge in [0.25, 0.3) is 0 Å². The smallest absolute Gasteiger partial charge is 0.0659 e. The zero-order chi connectivity index (χ0) is 13.3. The summed E-state index contributed by atoms with van der Waals surface area (Å²) in [6.07, 6.45) is 8.76. The van der Waals surface area contributed by atoms with E-state index in [1.54, 1.807) is 4.88 Å². The van der Waals surface area contributed by atoms with E-state index >= 15 is 0 Å². The first kappa shape index (κ1) is 14.3. The molecule has 0 saturated heterocycles. The Balaban J connectivity index is 1.67. The molecule has 19 heavy (non-hydrogen) atoms. The highest BCUT2D eigenvalue weighted by Crippen LogP contribution is 2.40. The number of fused-ring (bicyclic) bond motifs is 1. The van der Waals surface area contributed by atoms with E-state index in [4.69, 9.17) is 0 Å². The van der Waals surface area contributed by atoms with Gasteiger partial charge in [-0.15, -0.1) is 11.3 Å². The van der Waals surface area contributed by atoms with E-state index in [0.717, 1.165) is 6.54 Å². The summed E-state index contributed by atoms with van der Waals surface area (Å²) in [7, 11) is 0. The second-order valence-electron chi connectivity index (χ2n) is 6.12. The van der Waals surface area contributed by atoms with Crippen LogP contribution in [0.2, 0.25) is 0 Å². The Morgan fingerprint density at radius 1 is 1.37 bits per heavy atom. The topological polar surface area (TPSA) is 32.3 Å². The molecule has 1 unspecified atom stereocenters. The Hall–Kier alpha value is 0.350. The van der Waals surface area contributed by atoms with Crippen LogP contribution in [-0.2, 0) is 6.42 Å². The van der Waals surface area contributed by atoms with Crippen molar-refractivity contribution in [2.75, 3.05) is 13.2 Å². The molecule has 2 nitrogen and oxygen atoms in total. The van der Waals surface area contributed by atoms with Crippen LogP contribution in [0.25, 0.3) is 0 Å². The first-order valence-corrected chi connectivity index (χ1v) is 9.24. The van der Waals surface area contributed by atoms with Gasteiger partial charge in [0.05, 0.1) is 2.88 Å². The highest BCUT2D eigenvalue weighted by atomic mass is 127. The lowest BCUT2D eigenvalue weighted by atomic mass is 9.86. The molecule has 1 aromatic rings. The fourth-order valence-corrected chi connectivity index (χ4v) is 5.71. The maximum atomic E-state index is 9.71. The predicted octanol–water partition coefficient (Wildman–Crippen LogP) is 3.87. The predicted molar refractivity (Wildman–Crippen MR) is 88.7 cm³/mol. The number of nitrogens with one attached hydrogen (secondary N) is 1. The van der Waals surface area contributed by atoms with Crippen LogP contribution in [0.15, 0.2) is 6.07 Å². The van der Waals surface area contributed by atoms with Gasteiger partial charge in [-0.3, -0.25) is 0 Å². The molecule has 0 bridgehead atoms. The molecule has 0 amide bonds. The van der Waals surface area contributed by atoms with Gasteiger partial charge >= 0.3 is 0 Å². The lowest BCUT2D eigenvalue weighted by molar-refractivity contribution is 0.123. The van der Waals surface area contributed by atoms with Crippen LogP contribution in [0.1, 0.15) is 55.0 Å². The normalized spacial score (nSPS) is 25.5. The SMILES string of the molecule is OCC1(CNC2CCCc3sc(I)cc32)CCCC1. The highest BCUT2D eigenvalue weighted by Gasteiger charge is 2.34. The van der Waals surface area contributed by atoms with E-state index in [2.05, 4.69) is 34.0 Å². The molecule has 0 radical (unpaired) electrons. The van der Waals surface area contributed by atoms with Gasteiger partial charge in [-0.2, -0.15) is 0 Å². The van der Waals surface area contributed by atoms with Gasteiger partial charge in [0.2, 0.25) is 0 Å². The summed E-state index contributed by atoms with van der Waals surface area (Å²) in [5, 5.41) is 13.5. The van der Waals surface area contributed by atoms with Crippen molar-refractivity contribution in [2.24, 2.45) is 5.41 Å². The Bertz CT molecular complexity index is 439. The summed E-state index contributed by atoms with van der Waals surface area (Å²) >= 11 is 4.39. The van der Waals surface area contributed by atoms with Crippen molar-refractivity contribution in [3.63, 3.8) is 0 Å². The van der Waals surface area contributed by atoms with Gasteiger partial charge in [-0.1, -0.05) is 12.8 Å². The van der Waals surface area contributed by atoms with Gasteiger partial charge < -0.3 is 10.4 Å². The minimum Gasteiger partial charge on any atom is -0.396 e. The molecule has 106 valence electrons. The average Bonchev–Trinajstić information content (AvgIpc) is 3.02. The third kappa shape index (κ3) is 3.01. The molecule has 0 aromatic carbocycles. The molecule has 1 fully saturated rings. The van der Waals surface area contributed by atoms with Gasteiger partial charge in [0, 0.05) is 29.5 Å². The van der Waals surface area contributed by atoms with Crippen molar-refractivity contribution in [1.29, 1.82) is 0 Å². The van der Waals surface area contributed by atoms with E-state index in [-0.39, 0.29) is 5.41 Å². The zero-order valence-electron chi connectivity index (χ0n) is 11.3. The average molecular weight is 391 g/mol. The van der Waals surface area contributed by atoms with Crippen LogP contribution in [0.3, 0.4) is 0 Å². The van der Waals surface area contributed by atoms with E-state index in [9.17, 15) is 5.11 Å². The largest absolute Gasteiger partial charge is 0.396 e. The summed E-state index contributed by atoms with van der Waals surface area (Å²) < 4.78 is 1.41. The monoisotopic (exact) mass is 391 g/mol. The Labute approximate surface area is 133 Å².